The van der Waals surface area contributed by atoms with Gasteiger partial charge in [0.1, 0.15) is 11.6 Å². The Kier molecular flexibility index (Phi) is 6.37. The second-order valence-corrected chi connectivity index (χ2v) is 9.28. The third kappa shape index (κ3) is 4.66. The Labute approximate surface area is 177 Å². The van der Waals surface area contributed by atoms with Crippen LogP contribution < -0.4 is 4.90 Å². The van der Waals surface area contributed by atoms with Gasteiger partial charge in [0.2, 0.25) is 11.8 Å². The summed E-state index contributed by atoms with van der Waals surface area (Å²) < 4.78 is 27.3. The minimum Gasteiger partial charge on any atom is -0.342 e. The van der Waals surface area contributed by atoms with Crippen LogP contribution >= 0.6 is 0 Å². The van der Waals surface area contributed by atoms with Gasteiger partial charge >= 0.3 is 0 Å². The summed E-state index contributed by atoms with van der Waals surface area (Å²) in [7, 11) is 0. The highest BCUT2D eigenvalue weighted by molar-refractivity contribution is 6.00. The number of rotatable bonds is 4. The van der Waals surface area contributed by atoms with E-state index in [1.807, 2.05) is 4.90 Å². The summed E-state index contributed by atoms with van der Waals surface area (Å²) in [6.45, 7) is 7.24. The van der Waals surface area contributed by atoms with E-state index < -0.39 is 17.6 Å². The molecule has 30 heavy (non-hydrogen) atoms. The molecule has 3 fully saturated rings. The molecule has 3 aliphatic rings. The Morgan fingerprint density at radius 3 is 2.60 bits per heavy atom. The zero-order valence-corrected chi connectivity index (χ0v) is 17.7. The number of carbonyl (C=O) groups is 2. The molecule has 0 aromatic heterocycles. The molecular weight excluding hydrogens is 388 g/mol. The number of halogens is 2. The van der Waals surface area contributed by atoms with E-state index in [0.717, 1.165) is 63.6 Å². The van der Waals surface area contributed by atoms with Crippen molar-refractivity contribution < 1.29 is 18.4 Å². The van der Waals surface area contributed by atoms with Gasteiger partial charge in [0.05, 0.1) is 11.6 Å². The molecule has 3 aliphatic heterocycles. The van der Waals surface area contributed by atoms with Crippen LogP contribution in [0.15, 0.2) is 18.2 Å². The van der Waals surface area contributed by atoms with Gasteiger partial charge in [-0.1, -0.05) is 6.92 Å². The topological polar surface area (TPSA) is 43.9 Å². The van der Waals surface area contributed by atoms with E-state index in [2.05, 4.69) is 11.8 Å². The molecule has 0 radical (unpaired) electrons. The van der Waals surface area contributed by atoms with E-state index in [0.29, 0.717) is 5.92 Å². The van der Waals surface area contributed by atoms with Crippen molar-refractivity contribution in [3.05, 3.63) is 29.8 Å². The lowest BCUT2D eigenvalue weighted by Gasteiger charge is -2.38. The van der Waals surface area contributed by atoms with Gasteiger partial charge in [0.15, 0.2) is 0 Å². The molecule has 2 atom stereocenters. The summed E-state index contributed by atoms with van der Waals surface area (Å²) in [6.07, 6.45) is 4.69. The highest BCUT2D eigenvalue weighted by atomic mass is 19.1. The first-order valence-corrected chi connectivity index (χ1v) is 11.2. The van der Waals surface area contributed by atoms with Crippen molar-refractivity contribution in [2.75, 3.05) is 44.2 Å². The average molecular weight is 420 g/mol. The molecule has 0 spiro atoms. The Balaban J connectivity index is 1.35. The molecule has 0 aliphatic carbocycles. The van der Waals surface area contributed by atoms with Crippen LogP contribution in [0.3, 0.4) is 0 Å². The number of piperidine rings is 2. The summed E-state index contributed by atoms with van der Waals surface area (Å²) in [5.74, 6) is -0.932. The first-order chi connectivity index (χ1) is 14.4. The Bertz CT molecular complexity index is 795. The van der Waals surface area contributed by atoms with Crippen LogP contribution in [0.25, 0.3) is 0 Å². The van der Waals surface area contributed by atoms with Crippen LogP contribution in [0.4, 0.5) is 14.5 Å². The van der Waals surface area contributed by atoms with Gasteiger partial charge in [-0.15, -0.1) is 0 Å². The number of nitrogens with zero attached hydrogens (tertiary/aromatic N) is 3. The van der Waals surface area contributed by atoms with Gasteiger partial charge in [-0.25, -0.2) is 8.78 Å². The van der Waals surface area contributed by atoms with E-state index in [-0.39, 0.29) is 30.5 Å². The SMILES string of the molecule is CC1CCN(CC2CCCN(C(=O)C3CC(=O)N(c4ccc(F)cc4F)C3)C2)CC1. The summed E-state index contributed by atoms with van der Waals surface area (Å²) >= 11 is 0. The summed E-state index contributed by atoms with van der Waals surface area (Å²) in [4.78, 5) is 31.3. The van der Waals surface area contributed by atoms with E-state index in [9.17, 15) is 18.4 Å². The van der Waals surface area contributed by atoms with Crippen molar-refractivity contribution in [2.24, 2.45) is 17.8 Å². The van der Waals surface area contributed by atoms with Crippen LogP contribution in [0.5, 0.6) is 0 Å². The zero-order valence-electron chi connectivity index (χ0n) is 17.7. The third-order valence-electron chi connectivity index (χ3n) is 6.90. The van der Waals surface area contributed by atoms with Crippen molar-refractivity contribution >= 4 is 17.5 Å². The van der Waals surface area contributed by atoms with Gasteiger partial charge in [-0.3, -0.25) is 9.59 Å². The zero-order chi connectivity index (χ0) is 21.3. The lowest BCUT2D eigenvalue weighted by Crippen LogP contribution is -2.47. The molecule has 1 aromatic carbocycles. The Morgan fingerprint density at radius 1 is 1.10 bits per heavy atom. The number of hydrogen-bond donors (Lipinski definition) is 0. The molecule has 2 amide bonds. The second-order valence-electron chi connectivity index (χ2n) is 9.28. The molecule has 164 valence electrons. The lowest BCUT2D eigenvalue weighted by molar-refractivity contribution is -0.137. The van der Waals surface area contributed by atoms with E-state index in [1.165, 1.54) is 23.8 Å². The van der Waals surface area contributed by atoms with Gasteiger partial charge < -0.3 is 14.7 Å². The van der Waals surface area contributed by atoms with Crippen LogP contribution in [0.2, 0.25) is 0 Å². The minimum absolute atomic E-state index is 0.00895. The monoisotopic (exact) mass is 419 g/mol. The molecule has 0 bridgehead atoms. The fourth-order valence-electron chi connectivity index (χ4n) is 5.09. The van der Waals surface area contributed by atoms with Gasteiger partial charge in [0, 0.05) is 38.7 Å². The summed E-state index contributed by atoms with van der Waals surface area (Å²) in [5, 5.41) is 0. The van der Waals surface area contributed by atoms with Crippen molar-refractivity contribution in [3.63, 3.8) is 0 Å². The fourth-order valence-corrected chi connectivity index (χ4v) is 5.09. The van der Waals surface area contributed by atoms with Crippen LogP contribution in [-0.4, -0.2) is 60.9 Å². The van der Waals surface area contributed by atoms with Gasteiger partial charge in [0.25, 0.3) is 0 Å². The quantitative estimate of drug-likeness (QED) is 0.752. The molecule has 0 N–H and O–H groups in total. The molecule has 3 saturated heterocycles. The molecule has 7 heteroatoms. The second kappa shape index (κ2) is 9.00. The summed E-state index contributed by atoms with van der Waals surface area (Å²) in [5.41, 5.74) is 0.0487. The van der Waals surface area contributed by atoms with Crippen LogP contribution in [0.1, 0.15) is 39.0 Å². The smallest absolute Gasteiger partial charge is 0.228 e. The van der Waals surface area contributed by atoms with Crippen molar-refractivity contribution in [1.29, 1.82) is 0 Å². The van der Waals surface area contributed by atoms with E-state index in [4.69, 9.17) is 0 Å². The standard InChI is InChI=1S/C23H31F2N3O2/c1-16-6-9-26(10-7-16)13-17-3-2-8-27(14-17)23(30)18-11-22(29)28(15-18)21-5-4-19(24)12-20(21)25/h4-5,12,16-18H,2-3,6-11,13-15H2,1H3. The molecule has 2 unspecified atom stereocenters. The molecule has 1 aromatic rings. The molecular formula is C23H31F2N3O2. The molecule has 4 rings (SSSR count). The summed E-state index contributed by atoms with van der Waals surface area (Å²) in [6, 6.07) is 3.18. The normalized spacial score (nSPS) is 26.4. The maximum absolute atomic E-state index is 14.1. The fraction of sp³-hybridized carbons (Fsp3) is 0.652. The van der Waals surface area contributed by atoms with Gasteiger partial charge in [-0.05, 0) is 62.7 Å². The van der Waals surface area contributed by atoms with Crippen LogP contribution in [0, 0.1) is 29.4 Å². The highest BCUT2D eigenvalue weighted by Gasteiger charge is 2.39. The maximum atomic E-state index is 14.1. The number of carbonyl (C=O) groups excluding carboxylic acids is 2. The number of benzene rings is 1. The highest BCUT2D eigenvalue weighted by Crippen LogP contribution is 2.30. The number of anilines is 1. The maximum Gasteiger partial charge on any atom is 0.228 e. The number of amides is 2. The number of likely N-dealkylation sites (tertiary alicyclic amines) is 2. The van der Waals surface area contributed by atoms with Crippen molar-refractivity contribution in [1.82, 2.24) is 9.80 Å². The van der Waals surface area contributed by atoms with E-state index in [1.54, 1.807) is 0 Å². The predicted octanol–water partition coefficient (Wildman–Crippen LogP) is 3.29. The van der Waals surface area contributed by atoms with Crippen LogP contribution in [-0.2, 0) is 9.59 Å². The molecule has 3 heterocycles. The number of hydrogen-bond acceptors (Lipinski definition) is 3. The first kappa shape index (κ1) is 21.2. The first-order valence-electron chi connectivity index (χ1n) is 11.2. The van der Waals surface area contributed by atoms with Crippen molar-refractivity contribution in [2.45, 2.75) is 39.0 Å². The van der Waals surface area contributed by atoms with Crippen molar-refractivity contribution in [3.8, 4) is 0 Å². The predicted molar refractivity (Wildman–Crippen MR) is 111 cm³/mol. The van der Waals surface area contributed by atoms with Gasteiger partial charge in [-0.2, -0.15) is 0 Å². The minimum atomic E-state index is -0.773. The lowest BCUT2D eigenvalue weighted by atomic mass is 9.93. The van der Waals surface area contributed by atoms with E-state index >= 15 is 0 Å². The largest absolute Gasteiger partial charge is 0.342 e. The Hall–Kier alpha value is -2.02. The third-order valence-corrected chi connectivity index (χ3v) is 6.90. The Morgan fingerprint density at radius 2 is 1.87 bits per heavy atom. The molecule has 0 saturated carbocycles. The molecule has 5 nitrogen and oxygen atoms in total. The average Bonchev–Trinajstić information content (AvgIpc) is 3.11.